The lowest BCUT2D eigenvalue weighted by molar-refractivity contribution is -0.111. The average Bonchev–Trinajstić information content (AvgIpc) is 3.64. The van der Waals surface area contributed by atoms with E-state index < -0.39 is 21.3 Å². The Morgan fingerprint density at radius 2 is 1.74 bits per heavy atom. The molecular weight excluding hydrogens is 569 g/mol. The van der Waals surface area contributed by atoms with Gasteiger partial charge in [0.25, 0.3) is 10.1 Å². The van der Waals surface area contributed by atoms with Crippen molar-refractivity contribution < 1.29 is 22.2 Å². The number of halogens is 1. The van der Waals surface area contributed by atoms with Crippen molar-refractivity contribution in [2.45, 2.75) is 24.5 Å². The van der Waals surface area contributed by atoms with Gasteiger partial charge in [0.2, 0.25) is 0 Å². The molecule has 2 aliphatic carbocycles. The monoisotopic (exact) mass is 593 g/mol. The Morgan fingerprint density at radius 3 is 2.56 bits per heavy atom. The zero-order valence-corrected chi connectivity index (χ0v) is 23.4. The van der Waals surface area contributed by atoms with E-state index in [1.54, 1.807) is 12.3 Å². The summed E-state index contributed by atoms with van der Waals surface area (Å²) in [5, 5.41) is 4.23. The van der Waals surface area contributed by atoms with E-state index in [0.29, 0.717) is 12.3 Å². The quantitative estimate of drug-likeness (QED) is 0.353. The molecule has 4 aromatic rings. The fourth-order valence-corrected chi connectivity index (χ4v) is 7.14. The number of H-pyrrole nitrogens is 1. The fourth-order valence-electron chi connectivity index (χ4n) is 6.13. The molecule has 1 aromatic heterocycles. The molecule has 2 atom stereocenters. The summed E-state index contributed by atoms with van der Waals surface area (Å²) in [4.78, 5) is 28.4. The van der Waals surface area contributed by atoms with E-state index in [2.05, 4.69) is 61.4 Å². The van der Waals surface area contributed by atoms with Crippen molar-refractivity contribution in [3.8, 4) is 0 Å². The maximum Gasteiger partial charge on any atom is 0.301 e. The van der Waals surface area contributed by atoms with Gasteiger partial charge in [-0.1, -0.05) is 48.6 Å². The number of amides is 1. The van der Waals surface area contributed by atoms with Gasteiger partial charge >= 0.3 is 5.91 Å². The lowest BCUT2D eigenvalue weighted by atomic mass is 9.84. The summed E-state index contributed by atoms with van der Waals surface area (Å²) in [5.74, 6) is -0.795. The summed E-state index contributed by atoms with van der Waals surface area (Å²) >= 11 is 0. The first kappa shape index (κ1) is 27.0. The molecule has 0 bridgehead atoms. The molecule has 0 fully saturated rings. The highest BCUT2D eigenvalue weighted by molar-refractivity contribution is 7.86. The van der Waals surface area contributed by atoms with Crippen LogP contribution in [-0.2, 0) is 34.2 Å². The van der Waals surface area contributed by atoms with Gasteiger partial charge in [0.05, 0.1) is 5.25 Å². The molecule has 2 N–H and O–H groups in total. The van der Waals surface area contributed by atoms with Gasteiger partial charge in [-0.05, 0) is 75.4 Å². The zero-order valence-electron chi connectivity index (χ0n) is 22.6. The number of hydrogen-bond donors (Lipinski definition) is 2. The molecule has 0 radical (unpaired) electrons. The minimum Gasteiger partial charge on any atom is -0.361 e. The van der Waals surface area contributed by atoms with Crippen LogP contribution in [0.3, 0.4) is 0 Å². The van der Waals surface area contributed by atoms with Gasteiger partial charge in [-0.3, -0.25) is 9.35 Å². The van der Waals surface area contributed by atoms with Gasteiger partial charge in [0, 0.05) is 23.0 Å². The van der Waals surface area contributed by atoms with E-state index >= 15 is 0 Å². The highest BCUT2D eigenvalue weighted by Crippen LogP contribution is 2.30. The maximum absolute atomic E-state index is 13.9. The van der Waals surface area contributed by atoms with Crippen molar-refractivity contribution in [3.63, 3.8) is 0 Å². The molecule has 8 rings (SSSR count). The van der Waals surface area contributed by atoms with Crippen LogP contribution in [0.2, 0.25) is 0 Å². The third-order valence-corrected chi connectivity index (χ3v) is 9.47. The predicted molar refractivity (Wildman–Crippen MR) is 166 cm³/mol. The normalized spacial score (nSPS) is 19.9. The number of carbonyl (C=O) groups is 1. The van der Waals surface area contributed by atoms with Gasteiger partial charge in [0.15, 0.2) is 11.5 Å². The van der Waals surface area contributed by atoms with Crippen molar-refractivity contribution in [2.75, 3.05) is 0 Å². The van der Waals surface area contributed by atoms with E-state index in [1.807, 2.05) is 12.1 Å². The topological polar surface area (TPSA) is 137 Å². The number of benzene rings is 3. The molecule has 2 unspecified atom stereocenters. The van der Waals surface area contributed by atoms with Crippen LogP contribution in [0.15, 0.2) is 80.8 Å². The third kappa shape index (κ3) is 4.96. The molecule has 3 heterocycles. The predicted octanol–water partition coefficient (Wildman–Crippen LogP) is 3.24. The Kier molecular flexibility index (Phi) is 6.55. The minimum absolute atomic E-state index is 0.238. The average molecular weight is 594 g/mol. The molecular formula is C32H24FN5O4S. The van der Waals surface area contributed by atoms with Crippen LogP contribution >= 0.6 is 0 Å². The number of nitrogens with one attached hydrogen (secondary N) is 1. The van der Waals surface area contributed by atoms with Gasteiger partial charge < -0.3 is 4.98 Å². The Labute approximate surface area is 245 Å². The maximum atomic E-state index is 13.9. The van der Waals surface area contributed by atoms with Crippen LogP contribution in [0.25, 0.3) is 33.8 Å². The third-order valence-electron chi connectivity index (χ3n) is 8.18. The van der Waals surface area contributed by atoms with Crippen molar-refractivity contribution in [2.24, 2.45) is 25.9 Å². The van der Waals surface area contributed by atoms with Crippen molar-refractivity contribution in [3.05, 3.63) is 93.8 Å². The number of aliphatic imine (C=N–C) groups is 4. The van der Waals surface area contributed by atoms with E-state index in [0.717, 1.165) is 44.4 Å². The van der Waals surface area contributed by atoms with Crippen LogP contribution in [0.1, 0.15) is 16.7 Å². The van der Waals surface area contributed by atoms with Gasteiger partial charge in [0.1, 0.15) is 18.5 Å². The molecule has 0 spiro atoms. The highest BCUT2D eigenvalue weighted by atomic mass is 32.2. The number of nitrogens with zero attached hydrogens (tertiary/aromatic N) is 4. The van der Waals surface area contributed by atoms with E-state index in [1.165, 1.54) is 35.6 Å². The Hall–Kier alpha value is -4.87. The van der Waals surface area contributed by atoms with Crippen LogP contribution in [0.5, 0.6) is 0 Å². The van der Waals surface area contributed by atoms with E-state index in [9.17, 15) is 22.2 Å². The molecule has 214 valence electrons. The van der Waals surface area contributed by atoms with Gasteiger partial charge in [-0.15, -0.1) is 0 Å². The molecule has 2 aliphatic heterocycles. The van der Waals surface area contributed by atoms with Crippen molar-refractivity contribution >= 4 is 74.1 Å². The summed E-state index contributed by atoms with van der Waals surface area (Å²) < 4.78 is 48.7. The van der Waals surface area contributed by atoms with Crippen molar-refractivity contribution in [1.82, 2.24) is 4.98 Å². The Balaban J connectivity index is 0.000000253. The molecule has 0 saturated heterocycles. The summed E-state index contributed by atoms with van der Waals surface area (Å²) in [6.45, 7) is 0. The summed E-state index contributed by atoms with van der Waals surface area (Å²) in [7, 11) is -4.28. The van der Waals surface area contributed by atoms with Crippen molar-refractivity contribution in [1.29, 1.82) is 0 Å². The first-order valence-corrected chi connectivity index (χ1v) is 15.2. The second kappa shape index (κ2) is 10.4. The van der Waals surface area contributed by atoms with Gasteiger partial charge in [-0.25, -0.2) is 19.4 Å². The van der Waals surface area contributed by atoms with E-state index in [4.69, 9.17) is 0 Å². The molecule has 3 aromatic carbocycles. The fraction of sp³-hybridized carbons (Fsp3) is 0.156. The van der Waals surface area contributed by atoms with Gasteiger partial charge in [-0.2, -0.15) is 13.4 Å². The summed E-state index contributed by atoms with van der Waals surface area (Å²) in [6, 6.07) is 12.8. The first-order chi connectivity index (χ1) is 20.8. The number of allylic oxidation sites excluding steroid dienone is 2. The highest BCUT2D eigenvalue weighted by Gasteiger charge is 2.35. The number of amidine groups is 1. The smallest absolute Gasteiger partial charge is 0.301 e. The lowest BCUT2D eigenvalue weighted by Crippen LogP contribution is -2.38. The Bertz CT molecular complexity index is 2240. The molecule has 11 heteroatoms. The van der Waals surface area contributed by atoms with Crippen LogP contribution < -0.4 is 10.4 Å². The number of aromatic amines is 1. The first-order valence-electron chi connectivity index (χ1n) is 13.7. The largest absolute Gasteiger partial charge is 0.361 e. The zero-order chi connectivity index (χ0) is 29.7. The van der Waals surface area contributed by atoms with Crippen LogP contribution in [0.4, 0.5) is 4.39 Å². The van der Waals surface area contributed by atoms with Crippen LogP contribution in [-0.4, -0.2) is 53.3 Å². The second-order valence-electron chi connectivity index (χ2n) is 10.7. The molecule has 0 saturated carbocycles. The number of rotatable bonds is 3. The van der Waals surface area contributed by atoms with E-state index in [-0.39, 0.29) is 23.9 Å². The lowest BCUT2D eigenvalue weighted by Gasteiger charge is -2.27. The molecule has 43 heavy (non-hydrogen) atoms. The Morgan fingerprint density at radius 1 is 0.953 bits per heavy atom. The minimum atomic E-state index is -4.28. The summed E-state index contributed by atoms with van der Waals surface area (Å²) in [6.07, 6.45) is 14.1. The standard InChI is InChI=1S/C27H22FNO3S.C5H2N4O/c28-20-7-10-26-25(14-20)19(15-29-26)11-18-12-24-17(13-27(18)33(30,31)32)6-9-22-21-4-2-1-3-16(21)5-8-23(22)24;10-5-3-4(7-1-6-3)8-2-9-5/h1-2,4-10,12,14-15,18,27,29H,3,11,13H2,(H,30,31,32);1-2H. The number of carbonyl (C=O) groups excluding carboxylic acids is 1. The van der Waals surface area contributed by atoms with Crippen LogP contribution in [0, 0.1) is 11.7 Å². The number of hydrogen-bond acceptors (Lipinski definition) is 6. The second-order valence-corrected chi connectivity index (χ2v) is 12.3. The molecule has 9 nitrogen and oxygen atoms in total. The number of fused-ring (bicyclic) bond motifs is 7. The molecule has 4 aliphatic rings. The summed E-state index contributed by atoms with van der Waals surface area (Å²) in [5.41, 5.74) is 4.06. The SMILES string of the molecule is O=C1N=CN=C2N=CN=C12.O=S(=O)(O)C1Cc2ccc3c4c(ccc3c2=CC1Cc1c[nH]c2ccc(F)cc12)CC=CC=4. The number of aromatic nitrogens is 1. The molecule has 1 amide bonds.